The Morgan fingerprint density at radius 3 is 1.00 bits per heavy atom. The number of hydrogen-bond acceptors (Lipinski definition) is 6. The molecule has 0 spiro atoms. The topological polar surface area (TPSA) is 151 Å². The molecule has 0 unspecified atom stereocenters. The number of aryl methyl sites for hydroxylation is 1. The number of carbonyl (C=O) groups is 3. The predicted octanol–water partition coefficient (Wildman–Crippen LogP) is 17.8. The normalized spacial score (nSPS) is 11.5. The number of unbranched alkanes of at least 4 members (excludes halogenated alkanes) is 15. The van der Waals surface area contributed by atoms with E-state index in [2.05, 4.69) is 70.0 Å². The van der Waals surface area contributed by atoms with Crippen molar-refractivity contribution in [3.63, 3.8) is 0 Å². The zero-order valence-electron chi connectivity index (χ0n) is 43.9. The molecule has 0 atom stereocenters. The lowest BCUT2D eigenvalue weighted by atomic mass is 10.0. The molecule has 6 aromatic carbocycles. The predicted molar refractivity (Wildman–Crippen MR) is 310 cm³/mol. The second-order valence-electron chi connectivity index (χ2n) is 19.1. The molecule has 6 rings (SSSR count). The molecule has 0 fully saturated rings. The average Bonchev–Trinajstić information content (AvgIpc) is 3.45. The van der Waals surface area contributed by atoms with Gasteiger partial charge in [0.2, 0.25) is 0 Å². The number of anilines is 6. The molecule has 0 saturated heterocycles. The molecule has 11 nitrogen and oxygen atoms in total. The molecule has 0 aliphatic rings. The second kappa shape index (κ2) is 30.4. The fourth-order valence-corrected chi connectivity index (χ4v) is 9.26. The van der Waals surface area contributed by atoms with Crippen LogP contribution in [0, 0.1) is 24.5 Å². The maximum absolute atomic E-state index is 11.6. The van der Waals surface area contributed by atoms with Crippen molar-refractivity contribution < 1.29 is 29.7 Å². The van der Waals surface area contributed by atoms with Crippen molar-refractivity contribution in [3.8, 4) is 17.2 Å². The van der Waals surface area contributed by atoms with Crippen LogP contribution in [0.25, 0.3) is 39.0 Å². The molecule has 0 aliphatic carbocycles. The van der Waals surface area contributed by atoms with Crippen LogP contribution in [0.2, 0.25) is 0 Å². The van der Waals surface area contributed by atoms with Gasteiger partial charge >= 0.3 is 17.9 Å². The van der Waals surface area contributed by atoms with Crippen LogP contribution in [-0.4, -0.2) is 33.2 Å². The van der Waals surface area contributed by atoms with E-state index in [0.29, 0.717) is 16.7 Å². The molecule has 0 aromatic heterocycles. The van der Waals surface area contributed by atoms with Gasteiger partial charge in [-0.15, -0.1) is 0 Å². The van der Waals surface area contributed by atoms with Crippen molar-refractivity contribution in [1.29, 1.82) is 5.26 Å². The number of hydrogen-bond donors (Lipinski definition) is 3. The van der Waals surface area contributed by atoms with Crippen LogP contribution >= 0.6 is 0 Å². The van der Waals surface area contributed by atoms with Gasteiger partial charge in [0.05, 0.1) is 13.1 Å². The van der Waals surface area contributed by atoms with Gasteiger partial charge in [-0.05, 0) is 137 Å². The molecule has 392 valence electrons. The number of aliphatic carboxylic acids is 3. The third-order valence-corrected chi connectivity index (χ3v) is 13.5. The first-order valence-corrected chi connectivity index (χ1v) is 26.7. The minimum absolute atomic E-state index is 0.345. The number of carboxylic acids is 3. The minimum Gasteiger partial charge on any atom is -0.486 e. The Bertz CT molecular complexity index is 3020. The van der Waals surface area contributed by atoms with Crippen molar-refractivity contribution in [2.24, 2.45) is 0 Å². The first-order chi connectivity index (χ1) is 37.5. The van der Waals surface area contributed by atoms with Crippen LogP contribution in [0.3, 0.4) is 0 Å². The molecule has 0 radical (unpaired) electrons. The van der Waals surface area contributed by atoms with E-state index in [0.717, 1.165) is 58.1 Å². The van der Waals surface area contributed by atoms with Crippen LogP contribution < -0.4 is 9.80 Å². The van der Waals surface area contributed by atoms with Crippen LogP contribution in [0.15, 0.2) is 163 Å². The van der Waals surface area contributed by atoms with Gasteiger partial charge in [-0.25, -0.2) is 14.5 Å². The zero-order valence-corrected chi connectivity index (χ0v) is 43.9. The molecule has 3 N–H and O–H groups in total. The smallest absolute Gasteiger partial charge is 0.346 e. The molecule has 0 bridgehead atoms. The molecular formula is C66H67N5O6. The Morgan fingerprint density at radius 1 is 0.429 bits per heavy atom. The van der Waals surface area contributed by atoms with Gasteiger partial charge in [0.1, 0.15) is 11.6 Å². The summed E-state index contributed by atoms with van der Waals surface area (Å²) in [6.07, 6.45) is 26.4. The number of benzene rings is 6. The summed E-state index contributed by atoms with van der Waals surface area (Å²) < 4.78 is 0. The fraction of sp³-hybridized carbons (Fsp3) is 0.273. The van der Waals surface area contributed by atoms with Gasteiger partial charge in [0, 0.05) is 34.1 Å². The molecule has 77 heavy (non-hydrogen) atoms. The lowest BCUT2D eigenvalue weighted by molar-refractivity contribution is -0.133. The van der Waals surface area contributed by atoms with Gasteiger partial charge < -0.3 is 25.1 Å². The summed E-state index contributed by atoms with van der Waals surface area (Å²) in [4.78, 5) is 45.0. The SMILES string of the molecule is [C-]#[N+]C(=Cc1ccc(N(c2ccc(C=C([N+]#[C-])C(=O)O)cc2)c2ccc(-c3ccc(N(c4ccc(C=C(C#N)C(=O)O)cc4)c4ccc(CCCCCCCCCCCCCCCCCC)cc4)cc3)cc2)cc1)C(=O)O. The summed E-state index contributed by atoms with van der Waals surface area (Å²) in [5.74, 6) is -3.91. The largest absolute Gasteiger partial charge is 0.486 e. The lowest BCUT2D eigenvalue weighted by Crippen LogP contribution is -2.10. The molecule has 0 saturated carbocycles. The van der Waals surface area contributed by atoms with E-state index in [-0.39, 0.29) is 5.57 Å². The molecule has 0 amide bonds. The summed E-state index contributed by atoms with van der Waals surface area (Å²) in [5, 5.41) is 37.6. The van der Waals surface area contributed by atoms with E-state index in [1.165, 1.54) is 120 Å². The summed E-state index contributed by atoms with van der Waals surface area (Å²) in [7, 11) is 0. The Balaban J connectivity index is 1.17. The van der Waals surface area contributed by atoms with E-state index in [1.54, 1.807) is 42.5 Å². The van der Waals surface area contributed by atoms with Crippen LogP contribution in [0.5, 0.6) is 0 Å². The highest BCUT2D eigenvalue weighted by Gasteiger charge is 2.17. The number of nitriles is 1. The van der Waals surface area contributed by atoms with E-state index < -0.39 is 29.3 Å². The van der Waals surface area contributed by atoms with E-state index in [1.807, 2.05) is 65.6 Å². The summed E-state index contributed by atoms with van der Waals surface area (Å²) in [6.45, 7) is 16.8. The monoisotopic (exact) mass is 1030 g/mol. The number of carboxylic acid groups (broad SMARTS) is 3. The summed E-state index contributed by atoms with van der Waals surface area (Å²) >= 11 is 0. The van der Waals surface area contributed by atoms with Crippen molar-refractivity contribution >= 4 is 70.3 Å². The maximum atomic E-state index is 11.6. The van der Waals surface area contributed by atoms with Crippen molar-refractivity contribution in [3.05, 3.63) is 208 Å². The van der Waals surface area contributed by atoms with Gasteiger partial charge in [-0.3, -0.25) is 9.59 Å². The Labute approximate surface area is 454 Å². The quantitative estimate of drug-likeness (QED) is 0.0173. The van der Waals surface area contributed by atoms with Gasteiger partial charge in [0.25, 0.3) is 11.4 Å². The number of rotatable bonds is 30. The Hall–Kier alpha value is -8.98. The standard InChI is InChI=1S/C66H67N5O6/c1-4-5-6-7-8-9-10-11-12-13-14-15-16-17-18-19-20-49-21-33-56(34-22-49)70(57-35-23-50(24-36-57)45-55(48-67)64(72)73)60-41-29-53(30-42-60)54-31-43-61(44-32-54)71(58-37-25-51(26-38-58)46-62(68-2)65(74)75)59-39-27-52(28-40-59)47-63(69-3)66(76)77/h21-47H,4-20H2,1H3,(H,72,73)(H,74,75)(H,76,77). The third-order valence-electron chi connectivity index (χ3n) is 13.5. The molecular weight excluding hydrogens is 959 g/mol. The zero-order chi connectivity index (χ0) is 54.8. The van der Waals surface area contributed by atoms with E-state index in [9.17, 15) is 35.0 Å². The van der Waals surface area contributed by atoms with Crippen molar-refractivity contribution in [2.45, 2.75) is 116 Å². The van der Waals surface area contributed by atoms with Gasteiger partial charge in [-0.2, -0.15) is 5.26 Å². The Kier molecular flexibility index (Phi) is 22.6. The van der Waals surface area contributed by atoms with Gasteiger partial charge in [-0.1, -0.05) is 176 Å². The highest BCUT2D eigenvalue weighted by Crippen LogP contribution is 2.39. The third kappa shape index (κ3) is 17.6. The first-order valence-electron chi connectivity index (χ1n) is 26.7. The molecule has 11 heteroatoms. The fourth-order valence-electron chi connectivity index (χ4n) is 9.26. The van der Waals surface area contributed by atoms with Crippen LogP contribution in [-0.2, 0) is 20.8 Å². The van der Waals surface area contributed by atoms with Crippen LogP contribution in [0.1, 0.15) is 132 Å². The summed E-state index contributed by atoms with van der Waals surface area (Å²) in [5.41, 5.74) is 8.71. The average molecular weight is 1030 g/mol. The lowest BCUT2D eigenvalue weighted by Gasteiger charge is -2.26. The molecule has 0 aliphatic heterocycles. The van der Waals surface area contributed by atoms with E-state index >= 15 is 0 Å². The minimum atomic E-state index is -1.31. The van der Waals surface area contributed by atoms with Crippen molar-refractivity contribution in [2.75, 3.05) is 9.80 Å². The molecule has 6 aromatic rings. The highest BCUT2D eigenvalue weighted by atomic mass is 16.4. The number of nitrogens with zero attached hydrogens (tertiary/aromatic N) is 5. The van der Waals surface area contributed by atoms with Crippen LogP contribution in [0.4, 0.5) is 34.1 Å². The summed E-state index contributed by atoms with van der Waals surface area (Å²) in [6, 6.07) is 48.3. The molecule has 0 heterocycles. The maximum Gasteiger partial charge on any atom is 0.346 e. The second-order valence-corrected chi connectivity index (χ2v) is 19.1. The van der Waals surface area contributed by atoms with Gasteiger partial charge in [0.15, 0.2) is 0 Å². The van der Waals surface area contributed by atoms with E-state index in [4.69, 9.17) is 13.1 Å². The van der Waals surface area contributed by atoms with Crippen molar-refractivity contribution in [1.82, 2.24) is 0 Å². The Morgan fingerprint density at radius 2 is 0.714 bits per heavy atom. The first kappa shape index (κ1) is 57.3. The highest BCUT2D eigenvalue weighted by molar-refractivity contribution is 5.97.